The molecule has 0 spiro atoms. The van der Waals surface area contributed by atoms with Gasteiger partial charge in [0.05, 0.1) is 13.0 Å². The van der Waals surface area contributed by atoms with Crippen LogP contribution in [0, 0.1) is 26.7 Å². The van der Waals surface area contributed by atoms with Gasteiger partial charge in [-0.1, -0.05) is 6.92 Å². The lowest BCUT2D eigenvalue weighted by molar-refractivity contribution is -0.140. The number of aliphatic carboxylic acids is 1. The molecule has 18 heavy (non-hydrogen) atoms. The molecular weight excluding hydrogens is 248 g/mol. The molecule has 0 aliphatic carbocycles. The maximum absolute atomic E-state index is 10.8. The van der Waals surface area contributed by atoms with Gasteiger partial charge in [0.15, 0.2) is 0 Å². The summed E-state index contributed by atoms with van der Waals surface area (Å²) in [6.45, 7) is 7.82. The molecule has 0 amide bonds. The smallest absolute Gasteiger partial charge is 0.307 e. The van der Waals surface area contributed by atoms with Crippen molar-refractivity contribution in [2.24, 2.45) is 5.92 Å². The number of benzene rings is 1. The van der Waals surface area contributed by atoms with Gasteiger partial charge in [-0.3, -0.25) is 4.79 Å². The number of rotatable bonds is 5. The molecule has 4 heteroatoms. The lowest BCUT2D eigenvalue weighted by Gasteiger charge is -2.16. The second-order valence-electron chi connectivity index (χ2n) is 4.53. The lowest BCUT2D eigenvalue weighted by atomic mass is 10.1. The van der Waals surface area contributed by atoms with Crippen molar-refractivity contribution in [3.05, 3.63) is 22.8 Å². The number of hydrogen-bond donors (Lipinski definition) is 1. The van der Waals surface area contributed by atoms with Gasteiger partial charge < -0.3 is 9.84 Å². The predicted octanol–water partition coefficient (Wildman–Crippen LogP) is 3.43. The first-order chi connectivity index (χ1) is 8.38. The fourth-order valence-electron chi connectivity index (χ4n) is 1.77. The monoisotopic (exact) mass is 268 g/mol. The van der Waals surface area contributed by atoms with E-state index in [9.17, 15) is 4.79 Å². The number of thioether (sulfide) groups is 1. The van der Waals surface area contributed by atoms with Crippen LogP contribution < -0.4 is 4.74 Å². The van der Waals surface area contributed by atoms with Gasteiger partial charge in [0.25, 0.3) is 0 Å². The molecule has 1 rings (SSSR count). The fourth-order valence-corrected chi connectivity index (χ4v) is 2.97. The van der Waals surface area contributed by atoms with E-state index >= 15 is 0 Å². The van der Waals surface area contributed by atoms with Crippen LogP contribution in [0.4, 0.5) is 0 Å². The Kier molecular flexibility index (Phi) is 5.08. The fraction of sp³-hybridized carbons (Fsp3) is 0.500. The van der Waals surface area contributed by atoms with Crippen molar-refractivity contribution in [3.63, 3.8) is 0 Å². The van der Waals surface area contributed by atoms with Crippen molar-refractivity contribution in [1.29, 1.82) is 0 Å². The topological polar surface area (TPSA) is 46.5 Å². The van der Waals surface area contributed by atoms with Crippen molar-refractivity contribution >= 4 is 17.7 Å². The molecule has 0 heterocycles. The number of carboxylic acid groups (broad SMARTS) is 1. The largest absolute Gasteiger partial charge is 0.496 e. The quantitative estimate of drug-likeness (QED) is 0.831. The molecule has 100 valence electrons. The summed E-state index contributed by atoms with van der Waals surface area (Å²) in [6.07, 6.45) is 0. The first kappa shape index (κ1) is 14.9. The van der Waals surface area contributed by atoms with Crippen LogP contribution in [0.2, 0.25) is 0 Å². The van der Waals surface area contributed by atoms with Gasteiger partial charge in [-0.25, -0.2) is 0 Å². The highest BCUT2D eigenvalue weighted by atomic mass is 32.2. The highest BCUT2D eigenvalue weighted by molar-refractivity contribution is 7.99. The van der Waals surface area contributed by atoms with Crippen LogP contribution in [0.1, 0.15) is 23.6 Å². The minimum Gasteiger partial charge on any atom is -0.496 e. The van der Waals surface area contributed by atoms with Crippen LogP contribution in [-0.4, -0.2) is 23.9 Å². The van der Waals surface area contributed by atoms with Crippen molar-refractivity contribution in [1.82, 2.24) is 0 Å². The normalized spacial score (nSPS) is 12.3. The van der Waals surface area contributed by atoms with Crippen LogP contribution in [0.15, 0.2) is 11.0 Å². The number of hydrogen-bond acceptors (Lipinski definition) is 3. The minimum atomic E-state index is -0.748. The summed E-state index contributed by atoms with van der Waals surface area (Å²) in [7, 11) is 1.67. The van der Waals surface area contributed by atoms with E-state index in [0.29, 0.717) is 5.75 Å². The molecule has 1 N–H and O–H groups in total. The zero-order valence-electron chi connectivity index (χ0n) is 11.5. The van der Waals surface area contributed by atoms with Crippen LogP contribution in [0.5, 0.6) is 5.75 Å². The maximum Gasteiger partial charge on any atom is 0.307 e. The summed E-state index contributed by atoms with van der Waals surface area (Å²) in [5.74, 6) is 0.420. The lowest BCUT2D eigenvalue weighted by Crippen LogP contribution is -2.11. The van der Waals surface area contributed by atoms with Gasteiger partial charge >= 0.3 is 5.97 Å². The summed E-state index contributed by atoms with van der Waals surface area (Å²) in [5, 5.41) is 8.89. The van der Waals surface area contributed by atoms with Gasteiger partial charge in [-0.2, -0.15) is 0 Å². The third-order valence-electron chi connectivity index (χ3n) is 3.09. The molecule has 0 saturated heterocycles. The van der Waals surface area contributed by atoms with E-state index in [2.05, 4.69) is 6.07 Å². The SMILES string of the molecule is COc1c(C)cc(SCC(C)C(=O)O)c(C)c1C. The third kappa shape index (κ3) is 3.19. The highest BCUT2D eigenvalue weighted by Gasteiger charge is 2.15. The number of aryl methyl sites for hydroxylation is 1. The highest BCUT2D eigenvalue weighted by Crippen LogP contribution is 2.34. The van der Waals surface area contributed by atoms with Gasteiger partial charge in [0, 0.05) is 10.6 Å². The van der Waals surface area contributed by atoms with E-state index in [1.165, 1.54) is 5.56 Å². The zero-order chi connectivity index (χ0) is 13.9. The molecule has 0 saturated carbocycles. The third-order valence-corrected chi connectivity index (χ3v) is 4.49. The Hall–Kier alpha value is -1.16. The molecule has 1 aromatic rings. The Labute approximate surface area is 113 Å². The molecule has 0 radical (unpaired) electrons. The Morgan fingerprint density at radius 2 is 2.00 bits per heavy atom. The molecule has 0 aromatic heterocycles. The number of methoxy groups -OCH3 is 1. The van der Waals surface area contributed by atoms with Crippen LogP contribution in [-0.2, 0) is 4.79 Å². The second kappa shape index (κ2) is 6.14. The van der Waals surface area contributed by atoms with E-state index in [0.717, 1.165) is 21.8 Å². The van der Waals surface area contributed by atoms with Gasteiger partial charge in [0.1, 0.15) is 5.75 Å². The Balaban J connectivity index is 2.94. The molecular formula is C14H20O3S. The summed E-state index contributed by atoms with van der Waals surface area (Å²) >= 11 is 1.59. The van der Waals surface area contributed by atoms with Gasteiger partial charge in [-0.05, 0) is 43.5 Å². The molecule has 1 unspecified atom stereocenters. The molecule has 0 aliphatic heterocycles. The maximum atomic E-state index is 10.8. The average molecular weight is 268 g/mol. The van der Waals surface area contributed by atoms with E-state index in [4.69, 9.17) is 9.84 Å². The molecule has 0 aliphatic rings. The first-order valence-corrected chi connectivity index (χ1v) is 6.87. The summed E-state index contributed by atoms with van der Waals surface area (Å²) in [5.41, 5.74) is 3.38. The molecule has 0 bridgehead atoms. The number of ether oxygens (including phenoxy) is 1. The van der Waals surface area contributed by atoms with Crippen molar-refractivity contribution in [2.45, 2.75) is 32.6 Å². The van der Waals surface area contributed by atoms with Crippen molar-refractivity contribution < 1.29 is 14.6 Å². The number of carboxylic acids is 1. The molecule has 1 aromatic carbocycles. The Morgan fingerprint density at radius 3 is 2.50 bits per heavy atom. The summed E-state index contributed by atoms with van der Waals surface area (Å²) < 4.78 is 5.37. The predicted molar refractivity (Wildman–Crippen MR) is 74.7 cm³/mol. The average Bonchev–Trinajstić information content (AvgIpc) is 2.32. The standard InChI is InChI=1S/C14H20O3S/c1-8-6-12(18-7-9(2)14(15)16)10(3)11(4)13(8)17-5/h6,9H,7H2,1-5H3,(H,15,16). The van der Waals surface area contributed by atoms with E-state index < -0.39 is 5.97 Å². The number of carbonyl (C=O) groups is 1. The summed E-state index contributed by atoms with van der Waals surface area (Å²) in [4.78, 5) is 11.9. The van der Waals surface area contributed by atoms with Crippen LogP contribution in [0.3, 0.4) is 0 Å². The molecule has 3 nitrogen and oxygen atoms in total. The van der Waals surface area contributed by atoms with Gasteiger partial charge in [0.2, 0.25) is 0 Å². The minimum absolute atomic E-state index is 0.336. The van der Waals surface area contributed by atoms with Crippen LogP contribution in [0.25, 0.3) is 0 Å². The van der Waals surface area contributed by atoms with Crippen molar-refractivity contribution in [2.75, 3.05) is 12.9 Å². The Morgan fingerprint density at radius 1 is 1.39 bits per heavy atom. The first-order valence-electron chi connectivity index (χ1n) is 5.88. The second-order valence-corrected chi connectivity index (χ2v) is 5.59. The van der Waals surface area contributed by atoms with Gasteiger partial charge in [-0.15, -0.1) is 11.8 Å². The molecule has 1 atom stereocenters. The van der Waals surface area contributed by atoms with Crippen LogP contribution >= 0.6 is 11.8 Å². The van der Waals surface area contributed by atoms with E-state index in [1.807, 2.05) is 20.8 Å². The Bertz CT molecular complexity index is 455. The van der Waals surface area contributed by atoms with E-state index in [-0.39, 0.29) is 5.92 Å². The van der Waals surface area contributed by atoms with E-state index in [1.54, 1.807) is 25.8 Å². The van der Waals surface area contributed by atoms with Crippen molar-refractivity contribution in [3.8, 4) is 5.75 Å². The zero-order valence-corrected chi connectivity index (χ0v) is 12.4. The molecule has 0 fully saturated rings. The summed E-state index contributed by atoms with van der Waals surface area (Å²) in [6, 6.07) is 2.07.